The molecular formula is C14H32SSi. The molecule has 0 radical (unpaired) electrons. The molecule has 0 aromatic rings. The normalized spacial score (nSPS) is 12.0. The summed E-state index contributed by atoms with van der Waals surface area (Å²) in [7, 11) is -0.876. The van der Waals surface area contributed by atoms with Crippen molar-refractivity contribution >= 4 is 18.4 Å². The molecule has 0 bridgehead atoms. The van der Waals surface area contributed by atoms with Crippen LogP contribution in [0.25, 0.3) is 0 Å². The molecular weight excluding hydrogens is 228 g/mol. The maximum absolute atomic E-state index is 2.41. The van der Waals surface area contributed by atoms with Crippen LogP contribution in [-0.2, 0) is 0 Å². The van der Waals surface area contributed by atoms with Gasteiger partial charge in [0.05, 0.1) is 0 Å². The zero-order valence-corrected chi connectivity index (χ0v) is 13.8. The molecule has 0 atom stereocenters. The van der Waals surface area contributed by atoms with E-state index in [0.29, 0.717) is 0 Å². The monoisotopic (exact) mass is 260 g/mol. The topological polar surface area (TPSA) is 0 Å². The lowest BCUT2D eigenvalue weighted by atomic mass is 10.1. The van der Waals surface area contributed by atoms with Crippen LogP contribution in [0.3, 0.4) is 0 Å². The molecule has 0 aliphatic heterocycles. The predicted octanol–water partition coefficient (Wildman–Crippen LogP) is 6.09. The van der Waals surface area contributed by atoms with Crippen LogP contribution in [-0.4, -0.2) is 13.0 Å². The molecule has 0 saturated heterocycles. The fourth-order valence-electron chi connectivity index (χ4n) is 2.23. The molecule has 0 N–H and O–H groups in total. The van der Waals surface area contributed by atoms with Gasteiger partial charge in [-0.2, -0.15) is 11.2 Å². The smallest absolute Gasteiger partial charge is 0.116 e. The lowest BCUT2D eigenvalue weighted by molar-refractivity contribution is 0.627. The van der Waals surface area contributed by atoms with Crippen LogP contribution < -0.4 is 0 Å². The predicted molar refractivity (Wildman–Crippen MR) is 83.0 cm³/mol. The summed E-state index contributed by atoms with van der Waals surface area (Å²) in [6, 6.07) is 4.42. The van der Waals surface area contributed by atoms with Crippen molar-refractivity contribution in [2.75, 3.05) is 5.75 Å². The fraction of sp³-hybridized carbons (Fsp3) is 1.00. The second-order valence-corrected chi connectivity index (χ2v) is 13.5. The Labute approximate surface area is 109 Å². The number of rotatable bonds is 11. The van der Waals surface area contributed by atoms with Gasteiger partial charge in [0, 0.05) is 0 Å². The molecule has 0 aliphatic rings. The zero-order chi connectivity index (χ0) is 12.3. The van der Waals surface area contributed by atoms with Crippen LogP contribution in [0.1, 0.15) is 66.2 Å². The van der Waals surface area contributed by atoms with E-state index in [4.69, 9.17) is 0 Å². The van der Waals surface area contributed by atoms with Crippen LogP contribution in [0, 0.1) is 0 Å². The molecule has 0 aliphatic carbocycles. The molecule has 2 heteroatoms. The van der Waals surface area contributed by atoms with E-state index in [0.717, 1.165) is 0 Å². The van der Waals surface area contributed by atoms with Gasteiger partial charge in [0.2, 0.25) is 0 Å². The van der Waals surface area contributed by atoms with Gasteiger partial charge in [-0.3, -0.25) is 0 Å². The largest absolute Gasteiger partial charge is 0.185 e. The summed E-state index contributed by atoms with van der Waals surface area (Å²) in [5.41, 5.74) is 0. The molecule has 0 saturated carbocycles. The first-order valence-corrected chi connectivity index (χ1v) is 11.7. The van der Waals surface area contributed by atoms with E-state index in [-0.39, 0.29) is 0 Å². The summed E-state index contributed by atoms with van der Waals surface area (Å²) < 4.78 is 0. The van der Waals surface area contributed by atoms with Crippen molar-refractivity contribution in [2.24, 2.45) is 0 Å². The molecule has 16 heavy (non-hydrogen) atoms. The van der Waals surface area contributed by atoms with Crippen molar-refractivity contribution in [1.29, 1.82) is 0 Å². The van der Waals surface area contributed by atoms with E-state index in [1.807, 2.05) is 0 Å². The van der Waals surface area contributed by atoms with E-state index < -0.39 is 7.22 Å². The standard InChI is InChI=1S/C14H32SSi/c1-5-9-10-11-12-13-14-15-16(6-2,7-3)8-4/h5-14H2,1-4H3. The quantitative estimate of drug-likeness (QED) is 0.320. The molecule has 0 nitrogen and oxygen atoms in total. The van der Waals surface area contributed by atoms with Crippen LogP contribution in [0.15, 0.2) is 0 Å². The van der Waals surface area contributed by atoms with Gasteiger partial charge in [-0.1, -0.05) is 77.9 Å². The van der Waals surface area contributed by atoms with Crippen molar-refractivity contribution in [3.63, 3.8) is 0 Å². The Balaban J connectivity index is 3.48. The van der Waals surface area contributed by atoms with Crippen molar-refractivity contribution < 1.29 is 0 Å². The average molecular weight is 261 g/mol. The summed E-state index contributed by atoms with van der Waals surface area (Å²) in [4.78, 5) is 0. The zero-order valence-electron chi connectivity index (χ0n) is 12.0. The average Bonchev–Trinajstić information content (AvgIpc) is 2.34. The lowest BCUT2D eigenvalue weighted by Gasteiger charge is -2.27. The minimum absolute atomic E-state index is 0.876. The fourth-order valence-corrected chi connectivity index (χ4v) is 8.69. The third kappa shape index (κ3) is 7.00. The van der Waals surface area contributed by atoms with Gasteiger partial charge in [0.15, 0.2) is 0 Å². The number of unbranched alkanes of at least 4 members (excludes halogenated alkanes) is 5. The molecule has 0 heterocycles. The Morgan fingerprint density at radius 3 is 1.69 bits per heavy atom. The number of hydrogen-bond donors (Lipinski definition) is 0. The van der Waals surface area contributed by atoms with Crippen LogP contribution in [0.4, 0.5) is 0 Å². The van der Waals surface area contributed by atoms with Gasteiger partial charge in [0.25, 0.3) is 0 Å². The molecule has 0 amide bonds. The van der Waals surface area contributed by atoms with Gasteiger partial charge >= 0.3 is 0 Å². The summed E-state index contributed by atoms with van der Waals surface area (Å²) in [5, 5.41) is 0. The highest BCUT2D eigenvalue weighted by Crippen LogP contribution is 2.33. The van der Waals surface area contributed by atoms with Gasteiger partial charge in [0.1, 0.15) is 7.22 Å². The Bertz CT molecular complexity index is 135. The van der Waals surface area contributed by atoms with Crippen molar-refractivity contribution in [1.82, 2.24) is 0 Å². The second kappa shape index (κ2) is 10.7. The first-order chi connectivity index (χ1) is 7.74. The van der Waals surface area contributed by atoms with Gasteiger partial charge in [-0.05, 0) is 12.2 Å². The summed E-state index contributed by atoms with van der Waals surface area (Å²) in [5.74, 6) is 1.44. The molecule has 0 aromatic heterocycles. The summed E-state index contributed by atoms with van der Waals surface area (Å²) in [6.07, 6.45) is 8.65. The van der Waals surface area contributed by atoms with Gasteiger partial charge in [-0.25, -0.2) is 0 Å². The van der Waals surface area contributed by atoms with Crippen LogP contribution in [0.5, 0.6) is 0 Å². The minimum atomic E-state index is -0.876. The Kier molecular flexibility index (Phi) is 11.1. The van der Waals surface area contributed by atoms with Crippen molar-refractivity contribution in [3.8, 4) is 0 Å². The maximum Gasteiger partial charge on any atom is 0.116 e. The highest BCUT2D eigenvalue weighted by atomic mass is 32.4. The first-order valence-electron chi connectivity index (χ1n) is 7.38. The Morgan fingerprint density at radius 1 is 0.688 bits per heavy atom. The second-order valence-electron chi connectivity index (χ2n) is 4.86. The Morgan fingerprint density at radius 2 is 1.19 bits per heavy atom. The SMILES string of the molecule is CCCCCCCCS[Si](CC)(CC)CC. The third-order valence-corrected chi connectivity index (χ3v) is 13.9. The molecule has 0 aromatic carbocycles. The van der Waals surface area contributed by atoms with Crippen molar-refractivity contribution in [3.05, 3.63) is 0 Å². The molecule has 0 fully saturated rings. The first kappa shape index (κ1) is 16.6. The van der Waals surface area contributed by atoms with Gasteiger partial charge in [-0.15, -0.1) is 0 Å². The summed E-state index contributed by atoms with van der Waals surface area (Å²) in [6.45, 7) is 9.52. The van der Waals surface area contributed by atoms with Gasteiger partial charge < -0.3 is 0 Å². The van der Waals surface area contributed by atoms with E-state index in [2.05, 4.69) is 38.9 Å². The Hall–Kier alpha value is 0.567. The molecule has 0 unspecified atom stereocenters. The van der Waals surface area contributed by atoms with Crippen LogP contribution in [0.2, 0.25) is 18.1 Å². The van der Waals surface area contributed by atoms with E-state index in [1.54, 1.807) is 0 Å². The third-order valence-electron chi connectivity index (χ3n) is 3.84. The molecule has 0 spiro atoms. The van der Waals surface area contributed by atoms with E-state index in [9.17, 15) is 0 Å². The van der Waals surface area contributed by atoms with E-state index in [1.165, 1.54) is 62.4 Å². The lowest BCUT2D eigenvalue weighted by Crippen LogP contribution is -2.27. The maximum atomic E-state index is 2.41. The highest BCUT2D eigenvalue weighted by molar-refractivity contribution is 8.28. The molecule has 98 valence electrons. The van der Waals surface area contributed by atoms with Crippen LogP contribution >= 0.6 is 11.2 Å². The number of hydrogen-bond acceptors (Lipinski definition) is 1. The summed E-state index contributed by atoms with van der Waals surface area (Å²) >= 11 is 2.37. The molecule has 0 rings (SSSR count). The van der Waals surface area contributed by atoms with E-state index >= 15 is 0 Å². The highest BCUT2D eigenvalue weighted by Gasteiger charge is 2.26. The van der Waals surface area contributed by atoms with Crippen molar-refractivity contribution in [2.45, 2.75) is 84.4 Å². The minimum Gasteiger partial charge on any atom is -0.185 e.